The van der Waals surface area contributed by atoms with E-state index in [1.54, 1.807) is 7.11 Å². The molecule has 1 aliphatic heterocycles. The van der Waals surface area contributed by atoms with E-state index in [4.69, 9.17) is 4.74 Å². The number of hydrogen-bond acceptors (Lipinski definition) is 3. The van der Waals surface area contributed by atoms with Crippen molar-refractivity contribution in [3.8, 4) is 5.75 Å². The molecule has 106 valence electrons. The van der Waals surface area contributed by atoms with Crippen LogP contribution in [-0.2, 0) is 6.42 Å². The summed E-state index contributed by atoms with van der Waals surface area (Å²) in [6, 6.07) is 8.93. The van der Waals surface area contributed by atoms with E-state index in [0.717, 1.165) is 18.1 Å². The minimum Gasteiger partial charge on any atom is -0.496 e. The average molecular weight is 279 g/mol. The lowest BCUT2D eigenvalue weighted by molar-refractivity contribution is 0.368. The van der Waals surface area contributed by atoms with Crippen LogP contribution in [0.2, 0.25) is 0 Å². The summed E-state index contributed by atoms with van der Waals surface area (Å²) in [5, 5.41) is 3.49. The molecule has 1 unspecified atom stereocenters. The summed E-state index contributed by atoms with van der Waals surface area (Å²) in [6.45, 7) is 0. The van der Waals surface area contributed by atoms with E-state index in [1.165, 1.54) is 36.3 Å². The smallest absolute Gasteiger partial charge is 0.122 e. The van der Waals surface area contributed by atoms with Gasteiger partial charge in [-0.3, -0.25) is 0 Å². The molecule has 1 fully saturated rings. The van der Waals surface area contributed by atoms with Crippen molar-refractivity contribution in [1.82, 2.24) is 5.32 Å². The van der Waals surface area contributed by atoms with Gasteiger partial charge >= 0.3 is 0 Å². The fourth-order valence-electron chi connectivity index (χ4n) is 2.82. The zero-order valence-corrected chi connectivity index (χ0v) is 12.8. The van der Waals surface area contributed by atoms with E-state index in [1.807, 2.05) is 6.07 Å². The van der Waals surface area contributed by atoms with Crippen LogP contribution in [0.5, 0.6) is 5.75 Å². The molecule has 0 aromatic heterocycles. The van der Waals surface area contributed by atoms with Gasteiger partial charge in [-0.1, -0.05) is 18.2 Å². The number of para-hydroxylation sites is 1. The molecule has 1 atom stereocenters. The molecule has 19 heavy (non-hydrogen) atoms. The third-order valence-electron chi connectivity index (χ3n) is 4.03. The van der Waals surface area contributed by atoms with Gasteiger partial charge in [-0.2, -0.15) is 11.8 Å². The molecule has 3 heteroatoms. The number of benzene rings is 1. The highest BCUT2D eigenvalue weighted by molar-refractivity contribution is 7.99. The van der Waals surface area contributed by atoms with Crippen molar-refractivity contribution in [2.45, 2.75) is 31.7 Å². The molecule has 0 radical (unpaired) electrons. The van der Waals surface area contributed by atoms with Crippen LogP contribution in [0, 0.1) is 5.92 Å². The first-order valence-electron chi connectivity index (χ1n) is 7.20. The number of methoxy groups -OCH3 is 1. The number of hydrogen-bond donors (Lipinski definition) is 1. The Bertz CT molecular complexity index is 377. The van der Waals surface area contributed by atoms with Crippen molar-refractivity contribution in [3.05, 3.63) is 29.8 Å². The first-order valence-corrected chi connectivity index (χ1v) is 8.36. The number of likely N-dealkylation sites (N-methyl/N-ethyl adjacent to an activating group) is 1. The van der Waals surface area contributed by atoms with Crippen molar-refractivity contribution in [1.29, 1.82) is 0 Å². The van der Waals surface area contributed by atoms with Gasteiger partial charge < -0.3 is 10.1 Å². The lowest BCUT2D eigenvalue weighted by atomic mass is 9.91. The van der Waals surface area contributed by atoms with E-state index >= 15 is 0 Å². The Hall–Kier alpha value is -0.670. The fraction of sp³-hybridized carbons (Fsp3) is 0.625. The van der Waals surface area contributed by atoms with Gasteiger partial charge in [-0.05, 0) is 61.8 Å². The van der Waals surface area contributed by atoms with Gasteiger partial charge in [0.15, 0.2) is 0 Å². The SMILES string of the molecule is CNC(Cc1ccccc1OC)CC1CCSCC1. The summed E-state index contributed by atoms with van der Waals surface area (Å²) in [6.07, 6.45) is 5.11. The minimum atomic E-state index is 0.560. The molecule has 1 saturated heterocycles. The van der Waals surface area contributed by atoms with Crippen molar-refractivity contribution >= 4 is 11.8 Å². The quantitative estimate of drug-likeness (QED) is 0.863. The van der Waals surface area contributed by atoms with E-state index in [2.05, 4.69) is 42.3 Å². The minimum absolute atomic E-state index is 0.560. The summed E-state index contributed by atoms with van der Waals surface area (Å²) in [5.74, 6) is 4.60. The second kappa shape index (κ2) is 7.81. The van der Waals surface area contributed by atoms with Crippen molar-refractivity contribution in [2.24, 2.45) is 5.92 Å². The maximum absolute atomic E-state index is 5.45. The van der Waals surface area contributed by atoms with Crippen molar-refractivity contribution in [3.63, 3.8) is 0 Å². The van der Waals surface area contributed by atoms with Gasteiger partial charge in [0.2, 0.25) is 0 Å². The number of ether oxygens (including phenoxy) is 1. The molecule has 1 aromatic carbocycles. The van der Waals surface area contributed by atoms with Gasteiger partial charge in [-0.25, -0.2) is 0 Å². The van der Waals surface area contributed by atoms with Gasteiger partial charge in [-0.15, -0.1) is 0 Å². The Balaban J connectivity index is 1.94. The normalized spacial score (nSPS) is 18.2. The molecule has 0 saturated carbocycles. The molecule has 2 rings (SSSR count). The van der Waals surface area contributed by atoms with Crippen LogP contribution in [0.4, 0.5) is 0 Å². The molecule has 1 aliphatic rings. The molecule has 0 bridgehead atoms. The maximum Gasteiger partial charge on any atom is 0.122 e. The molecule has 0 aliphatic carbocycles. The molecule has 1 heterocycles. The topological polar surface area (TPSA) is 21.3 Å². The molecule has 1 N–H and O–H groups in total. The molecule has 2 nitrogen and oxygen atoms in total. The van der Waals surface area contributed by atoms with Gasteiger partial charge in [0.25, 0.3) is 0 Å². The summed E-state index contributed by atoms with van der Waals surface area (Å²) in [5.41, 5.74) is 1.31. The second-order valence-corrected chi connectivity index (χ2v) is 6.52. The molecule has 0 amide bonds. The Labute approximate surface area is 121 Å². The van der Waals surface area contributed by atoms with Crippen LogP contribution in [0.1, 0.15) is 24.8 Å². The predicted molar refractivity (Wildman–Crippen MR) is 84.2 cm³/mol. The summed E-state index contributed by atoms with van der Waals surface area (Å²) >= 11 is 2.10. The molecular weight excluding hydrogens is 254 g/mol. The fourth-order valence-corrected chi connectivity index (χ4v) is 4.03. The monoisotopic (exact) mass is 279 g/mol. The van der Waals surface area contributed by atoms with Crippen LogP contribution in [0.25, 0.3) is 0 Å². The zero-order valence-electron chi connectivity index (χ0n) is 12.0. The van der Waals surface area contributed by atoms with Crippen LogP contribution in [0.15, 0.2) is 24.3 Å². The van der Waals surface area contributed by atoms with E-state index < -0.39 is 0 Å². The highest BCUT2D eigenvalue weighted by atomic mass is 32.2. The largest absolute Gasteiger partial charge is 0.496 e. The van der Waals surface area contributed by atoms with Gasteiger partial charge in [0, 0.05) is 6.04 Å². The van der Waals surface area contributed by atoms with E-state index in [-0.39, 0.29) is 0 Å². The lowest BCUT2D eigenvalue weighted by Gasteiger charge is -2.26. The summed E-state index contributed by atoms with van der Waals surface area (Å²) in [7, 11) is 3.84. The van der Waals surface area contributed by atoms with Crippen molar-refractivity contribution in [2.75, 3.05) is 25.7 Å². The Kier molecular flexibility index (Phi) is 6.05. The Morgan fingerprint density at radius 2 is 2.05 bits per heavy atom. The first kappa shape index (κ1) is 14.7. The average Bonchev–Trinajstić information content (AvgIpc) is 2.48. The zero-order chi connectivity index (χ0) is 13.5. The molecule has 1 aromatic rings. The highest BCUT2D eigenvalue weighted by Gasteiger charge is 2.19. The number of thioether (sulfide) groups is 1. The summed E-state index contributed by atoms with van der Waals surface area (Å²) < 4.78 is 5.45. The number of nitrogens with one attached hydrogen (secondary N) is 1. The lowest BCUT2D eigenvalue weighted by Crippen LogP contribution is -2.31. The van der Waals surface area contributed by atoms with Gasteiger partial charge in [0.1, 0.15) is 5.75 Å². The summed E-state index contributed by atoms with van der Waals surface area (Å²) in [4.78, 5) is 0. The van der Waals surface area contributed by atoms with E-state index in [0.29, 0.717) is 6.04 Å². The van der Waals surface area contributed by atoms with E-state index in [9.17, 15) is 0 Å². The molecule has 0 spiro atoms. The highest BCUT2D eigenvalue weighted by Crippen LogP contribution is 2.28. The third kappa shape index (κ3) is 4.43. The molecular formula is C16H25NOS. The van der Waals surface area contributed by atoms with Crippen LogP contribution < -0.4 is 10.1 Å². The van der Waals surface area contributed by atoms with Crippen molar-refractivity contribution < 1.29 is 4.74 Å². The standard InChI is InChI=1S/C16H25NOS/c1-17-15(11-13-7-9-19-10-8-13)12-14-5-3-4-6-16(14)18-2/h3-6,13,15,17H,7-12H2,1-2H3. The second-order valence-electron chi connectivity index (χ2n) is 5.29. The Morgan fingerprint density at radius 3 is 2.74 bits per heavy atom. The van der Waals surface area contributed by atoms with Crippen LogP contribution in [0.3, 0.4) is 0 Å². The number of rotatable bonds is 6. The van der Waals surface area contributed by atoms with Crippen LogP contribution in [-0.4, -0.2) is 31.7 Å². The third-order valence-corrected chi connectivity index (χ3v) is 5.07. The Morgan fingerprint density at radius 1 is 1.32 bits per heavy atom. The first-order chi connectivity index (χ1) is 9.33. The van der Waals surface area contributed by atoms with Gasteiger partial charge in [0.05, 0.1) is 7.11 Å². The predicted octanol–water partition coefficient (Wildman–Crippen LogP) is 3.36. The van der Waals surface area contributed by atoms with Crippen LogP contribution >= 0.6 is 11.8 Å². The maximum atomic E-state index is 5.45.